The summed E-state index contributed by atoms with van der Waals surface area (Å²) in [5.41, 5.74) is 0.685. The van der Waals surface area contributed by atoms with E-state index in [1.54, 1.807) is 13.8 Å². The predicted octanol–water partition coefficient (Wildman–Crippen LogP) is 1.71. The standard InChI is InChI=1S/C14H26N2O4S/c1-6-19-8-7-16-21(17,18)14-12(5)20-11(4)13(14)9-15-10(2)3/h10,15-16H,6-9H2,1-5H3. The summed E-state index contributed by atoms with van der Waals surface area (Å²) in [4.78, 5) is 0.240. The minimum Gasteiger partial charge on any atom is -0.465 e. The number of sulfonamides is 1. The molecule has 0 saturated carbocycles. The summed E-state index contributed by atoms with van der Waals surface area (Å²) in [6, 6.07) is 0.265. The Bertz CT molecular complexity index is 550. The van der Waals surface area contributed by atoms with Gasteiger partial charge in [-0.1, -0.05) is 13.8 Å². The number of aryl methyl sites for hydroxylation is 2. The van der Waals surface area contributed by atoms with E-state index >= 15 is 0 Å². The summed E-state index contributed by atoms with van der Waals surface area (Å²) in [6.07, 6.45) is 0. The van der Waals surface area contributed by atoms with E-state index in [2.05, 4.69) is 10.0 Å². The molecule has 0 aliphatic heterocycles. The Balaban J connectivity index is 2.94. The first-order valence-corrected chi connectivity index (χ1v) is 8.67. The maximum absolute atomic E-state index is 12.4. The van der Waals surface area contributed by atoms with Gasteiger partial charge >= 0.3 is 0 Å². The van der Waals surface area contributed by atoms with Crippen LogP contribution < -0.4 is 10.0 Å². The molecule has 1 heterocycles. The van der Waals surface area contributed by atoms with Crippen molar-refractivity contribution >= 4 is 10.0 Å². The molecule has 6 nitrogen and oxygen atoms in total. The second kappa shape index (κ2) is 7.93. The highest BCUT2D eigenvalue weighted by atomic mass is 32.2. The molecule has 0 aromatic carbocycles. The molecule has 122 valence electrons. The Morgan fingerprint density at radius 1 is 1.24 bits per heavy atom. The molecular formula is C14H26N2O4S. The minimum absolute atomic E-state index is 0.240. The van der Waals surface area contributed by atoms with E-state index in [0.717, 1.165) is 0 Å². The molecule has 1 rings (SSSR count). The number of furan rings is 1. The lowest BCUT2D eigenvalue weighted by molar-refractivity contribution is 0.153. The summed E-state index contributed by atoms with van der Waals surface area (Å²) in [5.74, 6) is 1.04. The van der Waals surface area contributed by atoms with E-state index in [-0.39, 0.29) is 17.5 Å². The highest BCUT2D eigenvalue weighted by molar-refractivity contribution is 7.89. The van der Waals surface area contributed by atoms with Crippen LogP contribution in [0.1, 0.15) is 37.9 Å². The minimum atomic E-state index is -3.59. The molecule has 7 heteroatoms. The maximum atomic E-state index is 12.4. The molecular weight excluding hydrogens is 292 g/mol. The fraction of sp³-hybridized carbons (Fsp3) is 0.714. The van der Waals surface area contributed by atoms with Crippen molar-refractivity contribution in [2.45, 2.75) is 52.1 Å². The summed E-state index contributed by atoms with van der Waals surface area (Å²) in [6.45, 7) is 11.0. The lowest BCUT2D eigenvalue weighted by Crippen LogP contribution is -2.29. The van der Waals surface area contributed by atoms with Crippen molar-refractivity contribution in [3.8, 4) is 0 Å². The molecule has 0 unspecified atom stereocenters. The number of hydrogen-bond donors (Lipinski definition) is 2. The zero-order chi connectivity index (χ0) is 16.0. The molecule has 0 radical (unpaired) electrons. The predicted molar refractivity (Wildman–Crippen MR) is 81.8 cm³/mol. The van der Waals surface area contributed by atoms with Crippen LogP contribution in [0.4, 0.5) is 0 Å². The molecule has 0 amide bonds. The SMILES string of the molecule is CCOCCNS(=O)(=O)c1c(C)oc(C)c1CNC(C)C. The quantitative estimate of drug-likeness (QED) is 0.678. The summed E-state index contributed by atoms with van der Waals surface area (Å²) in [7, 11) is -3.59. The van der Waals surface area contributed by atoms with E-state index in [4.69, 9.17) is 9.15 Å². The molecule has 0 bridgehead atoms. The number of rotatable bonds is 9. The van der Waals surface area contributed by atoms with Crippen molar-refractivity contribution in [1.29, 1.82) is 0 Å². The second-order valence-electron chi connectivity index (χ2n) is 5.15. The topological polar surface area (TPSA) is 80.6 Å². The smallest absolute Gasteiger partial charge is 0.244 e. The largest absolute Gasteiger partial charge is 0.465 e. The number of nitrogens with one attached hydrogen (secondary N) is 2. The molecule has 1 aromatic rings. The van der Waals surface area contributed by atoms with Gasteiger partial charge in [0, 0.05) is 31.3 Å². The third-order valence-corrected chi connectivity index (χ3v) is 4.68. The monoisotopic (exact) mass is 318 g/mol. The fourth-order valence-electron chi connectivity index (χ4n) is 2.04. The molecule has 2 N–H and O–H groups in total. The van der Waals surface area contributed by atoms with Crippen LogP contribution in [0.25, 0.3) is 0 Å². The van der Waals surface area contributed by atoms with Gasteiger partial charge in [-0.15, -0.1) is 0 Å². The molecule has 0 aliphatic rings. The second-order valence-corrected chi connectivity index (χ2v) is 6.86. The molecule has 21 heavy (non-hydrogen) atoms. The van der Waals surface area contributed by atoms with Crippen LogP contribution in [0.15, 0.2) is 9.31 Å². The first-order valence-electron chi connectivity index (χ1n) is 7.19. The van der Waals surface area contributed by atoms with E-state index in [1.807, 2.05) is 20.8 Å². The van der Waals surface area contributed by atoms with E-state index in [9.17, 15) is 8.42 Å². The number of hydrogen-bond acceptors (Lipinski definition) is 5. The van der Waals surface area contributed by atoms with Crippen LogP contribution in [0.5, 0.6) is 0 Å². The van der Waals surface area contributed by atoms with Gasteiger partial charge in [-0.2, -0.15) is 0 Å². The van der Waals surface area contributed by atoms with Crippen molar-refractivity contribution < 1.29 is 17.6 Å². The van der Waals surface area contributed by atoms with Crippen molar-refractivity contribution in [1.82, 2.24) is 10.0 Å². The third-order valence-electron chi connectivity index (χ3n) is 3.02. The zero-order valence-electron chi connectivity index (χ0n) is 13.4. The van der Waals surface area contributed by atoms with Gasteiger partial charge in [0.1, 0.15) is 16.4 Å². The van der Waals surface area contributed by atoms with Crippen LogP contribution in [0.2, 0.25) is 0 Å². The van der Waals surface area contributed by atoms with Crippen LogP contribution in [-0.4, -0.2) is 34.2 Å². The molecule has 0 spiro atoms. The lowest BCUT2D eigenvalue weighted by atomic mass is 10.2. The average molecular weight is 318 g/mol. The third kappa shape index (κ3) is 5.10. The first kappa shape index (κ1) is 18.2. The normalized spacial score (nSPS) is 12.3. The van der Waals surface area contributed by atoms with E-state index in [0.29, 0.717) is 36.8 Å². The molecule has 0 aliphatic carbocycles. The van der Waals surface area contributed by atoms with E-state index in [1.165, 1.54) is 0 Å². The summed E-state index contributed by atoms with van der Waals surface area (Å²) in [5, 5.41) is 3.23. The summed E-state index contributed by atoms with van der Waals surface area (Å²) >= 11 is 0. The first-order chi connectivity index (χ1) is 9.79. The molecule has 0 fully saturated rings. The van der Waals surface area contributed by atoms with Gasteiger partial charge < -0.3 is 14.5 Å². The van der Waals surface area contributed by atoms with Crippen LogP contribution in [-0.2, 0) is 21.3 Å². The highest BCUT2D eigenvalue weighted by Crippen LogP contribution is 2.26. The van der Waals surface area contributed by atoms with Crippen molar-refractivity contribution in [2.75, 3.05) is 19.8 Å². The summed E-state index contributed by atoms with van der Waals surface area (Å²) < 4.78 is 38.1. The maximum Gasteiger partial charge on any atom is 0.244 e. The Morgan fingerprint density at radius 2 is 1.90 bits per heavy atom. The molecule has 1 aromatic heterocycles. The highest BCUT2D eigenvalue weighted by Gasteiger charge is 2.26. The van der Waals surface area contributed by atoms with Gasteiger partial charge in [0.2, 0.25) is 10.0 Å². The average Bonchev–Trinajstić information content (AvgIpc) is 2.67. The van der Waals surface area contributed by atoms with Crippen LogP contribution >= 0.6 is 0 Å². The van der Waals surface area contributed by atoms with Gasteiger partial charge in [0.05, 0.1) is 6.61 Å². The van der Waals surface area contributed by atoms with Crippen LogP contribution in [0.3, 0.4) is 0 Å². The Labute approximate surface area is 127 Å². The van der Waals surface area contributed by atoms with E-state index < -0.39 is 10.0 Å². The van der Waals surface area contributed by atoms with Gasteiger partial charge in [-0.3, -0.25) is 0 Å². The molecule has 0 atom stereocenters. The van der Waals surface area contributed by atoms with Gasteiger partial charge in [-0.05, 0) is 20.8 Å². The molecule has 0 saturated heterocycles. The van der Waals surface area contributed by atoms with Crippen molar-refractivity contribution in [2.24, 2.45) is 0 Å². The van der Waals surface area contributed by atoms with Crippen LogP contribution in [0, 0.1) is 13.8 Å². The Morgan fingerprint density at radius 3 is 2.48 bits per heavy atom. The Hall–Kier alpha value is -0.890. The van der Waals surface area contributed by atoms with Crippen molar-refractivity contribution in [3.05, 3.63) is 17.1 Å². The number of ether oxygens (including phenoxy) is 1. The Kier molecular flexibility index (Phi) is 6.86. The fourth-order valence-corrected chi connectivity index (χ4v) is 3.49. The van der Waals surface area contributed by atoms with Gasteiger partial charge in [-0.25, -0.2) is 13.1 Å². The van der Waals surface area contributed by atoms with Gasteiger partial charge in [0.15, 0.2) is 0 Å². The lowest BCUT2D eigenvalue weighted by Gasteiger charge is -2.11. The zero-order valence-corrected chi connectivity index (χ0v) is 14.3. The van der Waals surface area contributed by atoms with Crippen molar-refractivity contribution in [3.63, 3.8) is 0 Å². The van der Waals surface area contributed by atoms with Gasteiger partial charge in [0.25, 0.3) is 0 Å².